The van der Waals surface area contributed by atoms with Crippen LogP contribution in [0.15, 0.2) is 0 Å². The third-order valence-electron chi connectivity index (χ3n) is 2.03. The van der Waals surface area contributed by atoms with E-state index in [0.29, 0.717) is 6.26 Å². The number of hydrogen-bond donors (Lipinski definition) is 0. The second kappa shape index (κ2) is 6.35. The average molecular weight is 334 g/mol. The molecule has 1 aromatic rings. The van der Waals surface area contributed by atoms with Gasteiger partial charge in [-0.05, 0) is 0 Å². The number of rotatable bonds is 5. The Bertz CT molecular complexity index is 644. The molecule has 0 aliphatic rings. The molecule has 0 heterocycles. The molecule has 0 amide bonds. The largest absolute Gasteiger partial charge is 0.459 e. The molecule has 0 aromatic heterocycles. The van der Waals surface area contributed by atoms with Crippen LogP contribution in [-0.4, -0.2) is 33.9 Å². The van der Waals surface area contributed by atoms with E-state index in [2.05, 4.69) is 8.92 Å². The lowest BCUT2D eigenvalue weighted by Gasteiger charge is -2.08. The lowest BCUT2D eigenvalue weighted by molar-refractivity contribution is 0.0439. The number of esters is 1. The van der Waals surface area contributed by atoms with Gasteiger partial charge in [0.25, 0.3) is 10.1 Å². The monoisotopic (exact) mass is 334 g/mol. The highest BCUT2D eigenvalue weighted by Crippen LogP contribution is 2.23. The van der Waals surface area contributed by atoms with Crippen molar-refractivity contribution >= 4 is 16.1 Å². The van der Waals surface area contributed by atoms with Crippen LogP contribution in [0.25, 0.3) is 0 Å². The molecule has 0 unspecified atom stereocenters. The van der Waals surface area contributed by atoms with E-state index in [1.807, 2.05) is 0 Å². The number of halogens is 5. The highest BCUT2D eigenvalue weighted by Gasteiger charge is 2.30. The first-order valence-corrected chi connectivity index (χ1v) is 6.91. The Morgan fingerprint density at radius 3 is 1.76 bits per heavy atom. The van der Waals surface area contributed by atoms with Crippen molar-refractivity contribution in [1.29, 1.82) is 0 Å². The van der Waals surface area contributed by atoms with Crippen LogP contribution >= 0.6 is 0 Å². The highest BCUT2D eigenvalue weighted by molar-refractivity contribution is 7.85. The number of carbonyl (C=O) groups is 1. The molecule has 0 aliphatic heterocycles. The van der Waals surface area contributed by atoms with Crippen LogP contribution in [0, 0.1) is 29.1 Å². The van der Waals surface area contributed by atoms with Crippen LogP contribution in [0.5, 0.6) is 0 Å². The van der Waals surface area contributed by atoms with Crippen molar-refractivity contribution in [2.75, 3.05) is 19.5 Å². The van der Waals surface area contributed by atoms with E-state index in [1.165, 1.54) is 0 Å². The Morgan fingerprint density at radius 1 is 0.905 bits per heavy atom. The molecule has 0 radical (unpaired) electrons. The van der Waals surface area contributed by atoms with Crippen molar-refractivity contribution in [3.05, 3.63) is 34.6 Å². The number of carbonyl (C=O) groups excluding carboxylic acids is 1. The standard InChI is InChI=1S/C10H7F5O5S/c1-21(17,18)20-3-2-19-10(16)4-5(11)7(13)9(15)8(14)6(4)12/h2-3H2,1H3. The summed E-state index contributed by atoms with van der Waals surface area (Å²) < 4.78 is 94.2. The summed E-state index contributed by atoms with van der Waals surface area (Å²) in [6.45, 7) is -1.45. The lowest BCUT2D eigenvalue weighted by Crippen LogP contribution is -2.18. The summed E-state index contributed by atoms with van der Waals surface area (Å²) >= 11 is 0. The first-order chi connectivity index (χ1) is 9.56. The van der Waals surface area contributed by atoms with Crippen LogP contribution < -0.4 is 0 Å². The molecule has 1 rings (SSSR count). The van der Waals surface area contributed by atoms with E-state index in [0.717, 1.165) is 0 Å². The smallest absolute Gasteiger partial charge is 0.344 e. The van der Waals surface area contributed by atoms with Crippen molar-refractivity contribution in [3.8, 4) is 0 Å². The van der Waals surface area contributed by atoms with Crippen molar-refractivity contribution in [2.24, 2.45) is 0 Å². The molecule has 0 bridgehead atoms. The Labute approximate surface area is 115 Å². The molecular weight excluding hydrogens is 327 g/mol. The van der Waals surface area contributed by atoms with E-state index in [4.69, 9.17) is 0 Å². The minimum absolute atomic E-state index is 0.681. The summed E-state index contributed by atoms with van der Waals surface area (Å²) in [4.78, 5) is 11.3. The van der Waals surface area contributed by atoms with E-state index in [9.17, 15) is 35.2 Å². The number of benzene rings is 1. The zero-order chi connectivity index (χ0) is 16.4. The normalized spacial score (nSPS) is 11.5. The highest BCUT2D eigenvalue weighted by atomic mass is 32.2. The summed E-state index contributed by atoms with van der Waals surface area (Å²) in [7, 11) is -3.83. The minimum atomic E-state index is -3.83. The third-order valence-corrected chi connectivity index (χ3v) is 2.62. The Balaban J connectivity index is 2.89. The fraction of sp³-hybridized carbons (Fsp3) is 0.300. The lowest BCUT2D eigenvalue weighted by atomic mass is 10.1. The van der Waals surface area contributed by atoms with Gasteiger partial charge in [-0.2, -0.15) is 8.42 Å². The molecular formula is C10H7F5O5S. The molecule has 0 atom stereocenters. The summed E-state index contributed by atoms with van der Waals surface area (Å²) in [6, 6.07) is 0. The van der Waals surface area contributed by atoms with Gasteiger partial charge in [0, 0.05) is 0 Å². The second-order valence-corrected chi connectivity index (χ2v) is 5.25. The quantitative estimate of drug-likeness (QED) is 0.204. The number of hydrogen-bond acceptors (Lipinski definition) is 5. The maximum absolute atomic E-state index is 13.2. The molecule has 0 saturated heterocycles. The van der Waals surface area contributed by atoms with Gasteiger partial charge < -0.3 is 4.74 Å². The van der Waals surface area contributed by atoms with Gasteiger partial charge in [-0.1, -0.05) is 0 Å². The molecule has 0 aliphatic carbocycles. The van der Waals surface area contributed by atoms with E-state index >= 15 is 0 Å². The number of ether oxygens (including phenoxy) is 1. The summed E-state index contributed by atoms with van der Waals surface area (Å²) in [5, 5.41) is 0. The minimum Gasteiger partial charge on any atom is -0.459 e. The molecule has 0 saturated carbocycles. The molecule has 5 nitrogen and oxygen atoms in total. The van der Waals surface area contributed by atoms with Crippen LogP contribution in [0.2, 0.25) is 0 Å². The van der Waals surface area contributed by atoms with Crippen molar-refractivity contribution in [1.82, 2.24) is 0 Å². The Morgan fingerprint density at radius 2 is 1.33 bits per heavy atom. The van der Waals surface area contributed by atoms with Gasteiger partial charge in [-0.25, -0.2) is 26.7 Å². The summed E-state index contributed by atoms with van der Waals surface area (Å²) in [5.74, 6) is -13.6. The molecule has 1 aromatic carbocycles. The molecule has 118 valence electrons. The van der Waals surface area contributed by atoms with Crippen molar-refractivity contribution in [3.63, 3.8) is 0 Å². The van der Waals surface area contributed by atoms with Gasteiger partial charge in [0.1, 0.15) is 18.8 Å². The average Bonchev–Trinajstić information content (AvgIpc) is 2.38. The topological polar surface area (TPSA) is 69.7 Å². The summed E-state index contributed by atoms with van der Waals surface area (Å²) in [6.07, 6.45) is 0.693. The van der Waals surface area contributed by atoms with Crippen LogP contribution in [0.4, 0.5) is 22.0 Å². The first-order valence-electron chi connectivity index (χ1n) is 5.09. The van der Waals surface area contributed by atoms with Gasteiger partial charge in [0.15, 0.2) is 23.3 Å². The van der Waals surface area contributed by atoms with Crippen LogP contribution in [0.3, 0.4) is 0 Å². The predicted octanol–water partition coefficient (Wildman–Crippen LogP) is 1.52. The molecule has 11 heteroatoms. The maximum Gasteiger partial charge on any atom is 0.344 e. The fourth-order valence-electron chi connectivity index (χ4n) is 1.18. The van der Waals surface area contributed by atoms with Crippen LogP contribution in [-0.2, 0) is 19.0 Å². The van der Waals surface area contributed by atoms with Crippen molar-refractivity contribution < 1.29 is 44.1 Å². The third kappa shape index (κ3) is 4.11. The van der Waals surface area contributed by atoms with Gasteiger partial charge in [-0.15, -0.1) is 0 Å². The second-order valence-electron chi connectivity index (χ2n) is 3.61. The molecule has 0 spiro atoms. The SMILES string of the molecule is CS(=O)(=O)OCCOC(=O)c1c(F)c(F)c(F)c(F)c1F. The summed E-state index contributed by atoms with van der Waals surface area (Å²) in [5.41, 5.74) is -1.77. The first kappa shape index (κ1) is 17.3. The fourth-order valence-corrected chi connectivity index (χ4v) is 1.55. The zero-order valence-corrected chi connectivity index (χ0v) is 11.1. The maximum atomic E-state index is 13.2. The van der Waals surface area contributed by atoms with Crippen LogP contribution in [0.1, 0.15) is 10.4 Å². The Kier molecular flexibility index (Phi) is 5.23. The predicted molar refractivity (Wildman–Crippen MR) is 57.3 cm³/mol. The van der Waals surface area contributed by atoms with E-state index in [1.54, 1.807) is 0 Å². The zero-order valence-electron chi connectivity index (χ0n) is 10.3. The molecule has 0 fully saturated rings. The van der Waals surface area contributed by atoms with Gasteiger partial charge in [0.2, 0.25) is 5.82 Å². The van der Waals surface area contributed by atoms with Gasteiger partial charge >= 0.3 is 5.97 Å². The molecule has 21 heavy (non-hydrogen) atoms. The Hall–Kier alpha value is -1.75. The van der Waals surface area contributed by atoms with Gasteiger partial charge in [-0.3, -0.25) is 4.18 Å². The van der Waals surface area contributed by atoms with Crippen molar-refractivity contribution in [2.45, 2.75) is 0 Å². The molecule has 0 N–H and O–H groups in total. The van der Waals surface area contributed by atoms with E-state index < -0.39 is 64.0 Å². The van der Waals surface area contributed by atoms with E-state index in [-0.39, 0.29) is 0 Å². The van der Waals surface area contributed by atoms with Gasteiger partial charge in [0.05, 0.1) is 6.26 Å².